The van der Waals surface area contributed by atoms with Gasteiger partial charge in [-0.1, -0.05) is 42.0 Å². The molecule has 0 unspecified atom stereocenters. The Labute approximate surface area is 207 Å². The van der Waals surface area contributed by atoms with E-state index in [0.29, 0.717) is 31.1 Å². The number of aryl methyl sites for hydroxylation is 1. The third-order valence-electron chi connectivity index (χ3n) is 6.12. The van der Waals surface area contributed by atoms with E-state index in [1.165, 1.54) is 4.31 Å². The van der Waals surface area contributed by atoms with Gasteiger partial charge < -0.3 is 4.90 Å². The van der Waals surface area contributed by atoms with Crippen molar-refractivity contribution in [3.8, 4) is 0 Å². The minimum atomic E-state index is -3.81. The number of hydrogen-bond donors (Lipinski definition) is 0. The third-order valence-corrected chi connectivity index (χ3v) is 8.51. The summed E-state index contributed by atoms with van der Waals surface area (Å²) in [6, 6.07) is 13.5. The molecule has 174 valence electrons. The number of rotatable bonds is 3. The summed E-state index contributed by atoms with van der Waals surface area (Å²) in [6.07, 6.45) is 6.72. The standard InChI is InChI=1S/C25H23BrN4O3S/c1-17-8-11-20(12-9-17)34(32,33)30-14-4-7-22(30)25(31)28-24-21-6-3-2-5-18(21)15-29-16-19(26)10-13-23(29)27-24/h2-3,5-6,8-13,16,22H,4,7,14-15H2,1H3/t22-/m0/s1. The van der Waals surface area contributed by atoms with Crippen LogP contribution in [0.1, 0.15) is 29.5 Å². The fraction of sp³-hybridized carbons (Fsp3) is 0.240. The largest absolute Gasteiger partial charge is 0.327 e. The monoisotopic (exact) mass is 538 g/mol. The molecular formula is C25H23BrN4O3S. The van der Waals surface area contributed by atoms with Crippen molar-refractivity contribution in [3.63, 3.8) is 0 Å². The molecule has 0 saturated carbocycles. The number of halogens is 1. The molecule has 0 N–H and O–H groups in total. The second kappa shape index (κ2) is 9.05. The molecule has 2 aromatic carbocycles. The van der Waals surface area contributed by atoms with Crippen LogP contribution in [0.5, 0.6) is 0 Å². The van der Waals surface area contributed by atoms with Gasteiger partial charge in [0.1, 0.15) is 11.9 Å². The van der Waals surface area contributed by atoms with Gasteiger partial charge in [0, 0.05) is 29.3 Å². The molecule has 0 aliphatic carbocycles. The number of amidine groups is 2. The Morgan fingerprint density at radius 1 is 1.12 bits per heavy atom. The smallest absolute Gasteiger partial charge is 0.266 e. The van der Waals surface area contributed by atoms with Crippen LogP contribution in [0.25, 0.3) is 0 Å². The Bertz CT molecular complexity index is 1380. The zero-order valence-electron chi connectivity index (χ0n) is 18.6. The Balaban J connectivity index is 1.51. The number of fused-ring (bicyclic) bond motifs is 2. The Hall–Kier alpha value is -2.88. The fourth-order valence-corrected chi connectivity index (χ4v) is 6.38. The highest BCUT2D eigenvalue weighted by Crippen LogP contribution is 2.28. The Morgan fingerprint density at radius 2 is 1.88 bits per heavy atom. The van der Waals surface area contributed by atoms with Crippen molar-refractivity contribution < 1.29 is 13.2 Å². The van der Waals surface area contributed by atoms with Crippen LogP contribution in [-0.2, 0) is 21.4 Å². The zero-order valence-corrected chi connectivity index (χ0v) is 21.0. The third kappa shape index (κ3) is 4.31. The topological polar surface area (TPSA) is 82.4 Å². The van der Waals surface area contributed by atoms with Crippen LogP contribution in [0, 0.1) is 6.92 Å². The molecule has 7 nitrogen and oxygen atoms in total. The number of carbonyl (C=O) groups excluding carboxylic acids is 1. The summed E-state index contributed by atoms with van der Waals surface area (Å²) in [5.41, 5.74) is 2.72. The number of aliphatic imine (C=N–C) groups is 2. The number of sulfonamides is 1. The number of amides is 1. The van der Waals surface area contributed by atoms with Crippen molar-refractivity contribution in [2.45, 2.75) is 37.2 Å². The van der Waals surface area contributed by atoms with E-state index in [1.807, 2.05) is 54.4 Å². The van der Waals surface area contributed by atoms with E-state index in [2.05, 4.69) is 20.9 Å². The predicted molar refractivity (Wildman–Crippen MR) is 135 cm³/mol. The summed E-state index contributed by atoms with van der Waals surface area (Å²) in [5, 5.41) is 0. The molecule has 1 fully saturated rings. The average Bonchev–Trinajstić information content (AvgIpc) is 3.27. The zero-order chi connectivity index (χ0) is 23.9. The fourth-order valence-electron chi connectivity index (χ4n) is 4.35. The quantitative estimate of drug-likeness (QED) is 0.587. The van der Waals surface area contributed by atoms with Gasteiger partial charge in [-0.3, -0.25) is 4.79 Å². The lowest BCUT2D eigenvalue weighted by molar-refractivity contribution is -0.120. The first-order chi connectivity index (χ1) is 16.3. The van der Waals surface area contributed by atoms with Gasteiger partial charge in [-0.2, -0.15) is 9.30 Å². The number of nitrogens with zero attached hydrogens (tertiary/aromatic N) is 4. The van der Waals surface area contributed by atoms with E-state index in [4.69, 9.17) is 4.99 Å². The highest BCUT2D eigenvalue weighted by Gasteiger charge is 2.39. The highest BCUT2D eigenvalue weighted by atomic mass is 79.9. The van der Waals surface area contributed by atoms with Crippen LogP contribution < -0.4 is 0 Å². The number of hydrogen-bond acceptors (Lipinski definition) is 4. The minimum absolute atomic E-state index is 0.186. The average molecular weight is 539 g/mol. The van der Waals surface area contributed by atoms with E-state index in [1.54, 1.807) is 24.3 Å². The van der Waals surface area contributed by atoms with Gasteiger partial charge in [-0.25, -0.2) is 13.4 Å². The predicted octanol–water partition coefficient (Wildman–Crippen LogP) is 4.14. The van der Waals surface area contributed by atoms with Gasteiger partial charge in [0.05, 0.1) is 4.90 Å². The SMILES string of the molecule is Cc1ccc(S(=O)(=O)N2CCC[C@H]2C(=O)N=C2N=C3C=CC(Br)=CN3Cc3ccccc32)cc1. The van der Waals surface area contributed by atoms with Crippen LogP contribution in [0.4, 0.5) is 0 Å². The summed E-state index contributed by atoms with van der Waals surface area (Å²) >= 11 is 3.49. The number of benzene rings is 2. The van der Waals surface area contributed by atoms with Crippen molar-refractivity contribution in [3.05, 3.63) is 88.1 Å². The molecule has 34 heavy (non-hydrogen) atoms. The molecular weight excluding hydrogens is 516 g/mol. The molecule has 1 saturated heterocycles. The molecule has 0 aromatic heterocycles. The lowest BCUT2D eigenvalue weighted by Crippen LogP contribution is -2.40. The van der Waals surface area contributed by atoms with Crippen molar-refractivity contribution in [1.82, 2.24) is 9.21 Å². The van der Waals surface area contributed by atoms with Crippen molar-refractivity contribution >= 4 is 43.5 Å². The lowest BCUT2D eigenvalue weighted by atomic mass is 10.1. The molecule has 9 heteroatoms. The lowest BCUT2D eigenvalue weighted by Gasteiger charge is -2.22. The summed E-state index contributed by atoms with van der Waals surface area (Å²) in [5.74, 6) is 0.475. The molecule has 2 aromatic rings. The van der Waals surface area contributed by atoms with Crippen molar-refractivity contribution in [1.29, 1.82) is 0 Å². The number of carbonyl (C=O) groups is 1. The maximum atomic E-state index is 13.4. The first-order valence-corrected chi connectivity index (χ1v) is 13.3. The molecule has 3 aliphatic heterocycles. The molecule has 5 rings (SSSR count). The van der Waals surface area contributed by atoms with E-state index in [0.717, 1.165) is 21.2 Å². The van der Waals surface area contributed by atoms with Crippen LogP contribution in [-0.4, -0.2) is 47.8 Å². The van der Waals surface area contributed by atoms with Gasteiger partial charge in [0.25, 0.3) is 5.91 Å². The maximum absolute atomic E-state index is 13.4. The van der Waals surface area contributed by atoms with Crippen LogP contribution in [0.15, 0.2) is 86.2 Å². The summed E-state index contributed by atoms with van der Waals surface area (Å²) in [7, 11) is -3.81. The maximum Gasteiger partial charge on any atom is 0.266 e. The van der Waals surface area contributed by atoms with Crippen molar-refractivity contribution in [2.75, 3.05) is 6.54 Å². The normalized spacial score (nSPS) is 21.5. The van der Waals surface area contributed by atoms with Gasteiger partial charge in [0.2, 0.25) is 10.0 Å². The second-order valence-electron chi connectivity index (χ2n) is 8.46. The van der Waals surface area contributed by atoms with Gasteiger partial charge in [0.15, 0.2) is 5.84 Å². The first-order valence-electron chi connectivity index (χ1n) is 11.0. The van der Waals surface area contributed by atoms with Crippen LogP contribution in [0.2, 0.25) is 0 Å². The molecule has 3 heterocycles. The molecule has 0 radical (unpaired) electrons. The summed E-state index contributed by atoms with van der Waals surface area (Å²) in [6.45, 7) is 2.77. The number of allylic oxidation sites excluding steroid dienone is 2. The molecule has 0 spiro atoms. The van der Waals surface area contributed by atoms with E-state index >= 15 is 0 Å². The molecule has 1 amide bonds. The van der Waals surface area contributed by atoms with E-state index < -0.39 is 22.0 Å². The Morgan fingerprint density at radius 3 is 2.68 bits per heavy atom. The summed E-state index contributed by atoms with van der Waals surface area (Å²) < 4.78 is 28.8. The highest BCUT2D eigenvalue weighted by molar-refractivity contribution is 9.11. The van der Waals surface area contributed by atoms with Crippen molar-refractivity contribution in [2.24, 2.45) is 9.98 Å². The van der Waals surface area contributed by atoms with Crippen LogP contribution in [0.3, 0.4) is 0 Å². The van der Waals surface area contributed by atoms with Gasteiger partial charge in [-0.15, -0.1) is 0 Å². The van der Waals surface area contributed by atoms with Crippen LogP contribution >= 0.6 is 15.9 Å². The van der Waals surface area contributed by atoms with E-state index in [-0.39, 0.29) is 11.4 Å². The molecule has 3 aliphatic rings. The first kappa shape index (κ1) is 22.9. The van der Waals surface area contributed by atoms with E-state index in [9.17, 15) is 13.2 Å². The minimum Gasteiger partial charge on any atom is -0.327 e. The van der Waals surface area contributed by atoms with Gasteiger partial charge in [-0.05, 0) is 65.5 Å². The Kier molecular flexibility index (Phi) is 6.09. The summed E-state index contributed by atoms with van der Waals surface area (Å²) in [4.78, 5) is 24.6. The van der Waals surface area contributed by atoms with Gasteiger partial charge >= 0.3 is 0 Å². The molecule has 1 atom stereocenters. The second-order valence-corrected chi connectivity index (χ2v) is 11.3. The molecule has 0 bridgehead atoms.